The molecule has 1 rings (SSSR count). The Labute approximate surface area is 99.8 Å². The number of likely N-dealkylation sites (N-methyl/N-ethyl adjacent to an activating group) is 1. The van der Waals surface area contributed by atoms with Gasteiger partial charge in [-0.05, 0) is 38.6 Å². The standard InChI is InChI=1S/C12H15ClFNO/c1-12(2,14)8-4-5-9(10(13)6-8)11(16)7-15-3/h4-6,15H,7H2,1-3H3. The van der Waals surface area contributed by atoms with Gasteiger partial charge in [0.2, 0.25) is 0 Å². The van der Waals surface area contributed by atoms with Crippen LogP contribution in [-0.4, -0.2) is 19.4 Å². The topological polar surface area (TPSA) is 29.1 Å². The summed E-state index contributed by atoms with van der Waals surface area (Å²) in [6.07, 6.45) is 0. The Hall–Kier alpha value is -0.930. The van der Waals surface area contributed by atoms with Crippen molar-refractivity contribution in [2.24, 2.45) is 0 Å². The van der Waals surface area contributed by atoms with Crippen LogP contribution in [-0.2, 0) is 5.67 Å². The highest BCUT2D eigenvalue weighted by Crippen LogP contribution is 2.28. The summed E-state index contributed by atoms with van der Waals surface area (Å²) in [5.74, 6) is -0.101. The first kappa shape index (κ1) is 13.1. The molecule has 1 aromatic rings. The van der Waals surface area contributed by atoms with Gasteiger partial charge in [-0.1, -0.05) is 17.7 Å². The van der Waals surface area contributed by atoms with Crippen molar-refractivity contribution < 1.29 is 9.18 Å². The van der Waals surface area contributed by atoms with Gasteiger partial charge in [0, 0.05) is 5.56 Å². The van der Waals surface area contributed by atoms with E-state index in [0.29, 0.717) is 16.1 Å². The third kappa shape index (κ3) is 3.03. The molecule has 88 valence electrons. The van der Waals surface area contributed by atoms with Crippen molar-refractivity contribution in [1.29, 1.82) is 0 Å². The van der Waals surface area contributed by atoms with Crippen molar-refractivity contribution in [1.82, 2.24) is 5.32 Å². The zero-order chi connectivity index (χ0) is 12.3. The van der Waals surface area contributed by atoms with Crippen molar-refractivity contribution in [2.75, 3.05) is 13.6 Å². The fourth-order valence-electron chi connectivity index (χ4n) is 1.37. The van der Waals surface area contributed by atoms with E-state index in [2.05, 4.69) is 5.32 Å². The van der Waals surface area contributed by atoms with E-state index in [1.54, 1.807) is 19.2 Å². The highest BCUT2D eigenvalue weighted by Gasteiger charge is 2.20. The Bertz CT molecular complexity index is 398. The van der Waals surface area contributed by atoms with E-state index >= 15 is 0 Å². The van der Waals surface area contributed by atoms with Crippen molar-refractivity contribution in [3.8, 4) is 0 Å². The lowest BCUT2D eigenvalue weighted by Crippen LogP contribution is -2.19. The molecule has 16 heavy (non-hydrogen) atoms. The van der Waals surface area contributed by atoms with Gasteiger partial charge in [0.15, 0.2) is 5.78 Å². The zero-order valence-corrected chi connectivity index (χ0v) is 10.4. The fourth-order valence-corrected chi connectivity index (χ4v) is 1.65. The molecule has 0 atom stereocenters. The SMILES string of the molecule is CNCC(=O)c1ccc(C(C)(C)F)cc1Cl. The number of carbonyl (C=O) groups excluding carboxylic acids is 1. The number of hydrogen-bond donors (Lipinski definition) is 1. The van der Waals surface area contributed by atoms with Gasteiger partial charge in [-0.15, -0.1) is 0 Å². The second kappa shape index (κ2) is 4.93. The largest absolute Gasteiger partial charge is 0.313 e. The minimum atomic E-state index is -1.45. The molecule has 0 spiro atoms. The first-order valence-electron chi connectivity index (χ1n) is 5.03. The summed E-state index contributed by atoms with van der Waals surface area (Å²) in [6, 6.07) is 4.66. The minimum Gasteiger partial charge on any atom is -0.313 e. The molecule has 2 nitrogen and oxygen atoms in total. The molecule has 0 aliphatic rings. The van der Waals surface area contributed by atoms with Crippen LogP contribution in [0.2, 0.25) is 5.02 Å². The number of nitrogens with one attached hydrogen (secondary N) is 1. The fraction of sp³-hybridized carbons (Fsp3) is 0.417. The predicted molar refractivity (Wildman–Crippen MR) is 63.8 cm³/mol. The molecule has 0 saturated carbocycles. The Morgan fingerprint density at radius 2 is 2.12 bits per heavy atom. The number of carbonyl (C=O) groups is 1. The van der Waals surface area contributed by atoms with Crippen LogP contribution in [0.1, 0.15) is 29.8 Å². The van der Waals surface area contributed by atoms with Crippen LogP contribution >= 0.6 is 11.6 Å². The first-order valence-corrected chi connectivity index (χ1v) is 5.41. The molecular formula is C12H15ClFNO. The quantitative estimate of drug-likeness (QED) is 0.824. The van der Waals surface area contributed by atoms with E-state index < -0.39 is 5.67 Å². The molecule has 1 aromatic carbocycles. The van der Waals surface area contributed by atoms with E-state index in [1.807, 2.05) is 0 Å². The summed E-state index contributed by atoms with van der Waals surface area (Å²) in [5.41, 5.74) is -0.559. The van der Waals surface area contributed by atoms with E-state index in [4.69, 9.17) is 11.6 Å². The summed E-state index contributed by atoms with van der Waals surface area (Å²) >= 11 is 5.95. The van der Waals surface area contributed by atoms with Gasteiger partial charge in [0.25, 0.3) is 0 Å². The molecule has 0 aliphatic carbocycles. The van der Waals surface area contributed by atoms with Crippen LogP contribution in [0.25, 0.3) is 0 Å². The summed E-state index contributed by atoms with van der Waals surface area (Å²) in [4.78, 5) is 11.6. The zero-order valence-electron chi connectivity index (χ0n) is 9.60. The summed E-state index contributed by atoms with van der Waals surface area (Å²) in [6.45, 7) is 3.12. The molecule has 1 N–H and O–H groups in total. The Morgan fingerprint density at radius 3 is 2.56 bits per heavy atom. The van der Waals surface area contributed by atoms with Gasteiger partial charge < -0.3 is 5.32 Å². The van der Waals surface area contributed by atoms with E-state index in [-0.39, 0.29) is 12.3 Å². The molecule has 0 aromatic heterocycles. The van der Waals surface area contributed by atoms with Crippen molar-refractivity contribution in [2.45, 2.75) is 19.5 Å². The molecule has 0 heterocycles. The Morgan fingerprint density at radius 1 is 1.50 bits per heavy atom. The third-order valence-corrected chi connectivity index (χ3v) is 2.61. The van der Waals surface area contributed by atoms with Crippen molar-refractivity contribution in [3.63, 3.8) is 0 Å². The molecule has 4 heteroatoms. The number of Topliss-reactive ketones (excluding diaryl/α,β-unsaturated/α-hetero) is 1. The number of alkyl halides is 1. The Kier molecular flexibility index (Phi) is 4.05. The maximum Gasteiger partial charge on any atom is 0.178 e. The first-order chi connectivity index (χ1) is 7.36. The van der Waals surface area contributed by atoms with Crippen LogP contribution < -0.4 is 5.32 Å². The molecule has 0 aliphatic heterocycles. The number of rotatable bonds is 4. The lowest BCUT2D eigenvalue weighted by Gasteiger charge is -2.15. The monoisotopic (exact) mass is 243 g/mol. The van der Waals surface area contributed by atoms with Crippen LogP contribution in [0, 0.1) is 0 Å². The minimum absolute atomic E-state index is 0.101. The number of ketones is 1. The van der Waals surface area contributed by atoms with Gasteiger partial charge in [0.1, 0.15) is 5.67 Å². The molecule has 0 unspecified atom stereocenters. The molecule has 0 bridgehead atoms. The smallest absolute Gasteiger partial charge is 0.178 e. The maximum atomic E-state index is 13.6. The van der Waals surface area contributed by atoms with Crippen LogP contribution in [0.4, 0.5) is 4.39 Å². The number of hydrogen-bond acceptors (Lipinski definition) is 2. The van der Waals surface area contributed by atoms with Gasteiger partial charge in [-0.2, -0.15) is 0 Å². The summed E-state index contributed by atoms with van der Waals surface area (Å²) < 4.78 is 13.6. The maximum absolute atomic E-state index is 13.6. The van der Waals surface area contributed by atoms with Crippen LogP contribution in [0.3, 0.4) is 0 Å². The second-order valence-corrected chi connectivity index (χ2v) is 4.53. The third-order valence-electron chi connectivity index (χ3n) is 2.29. The lowest BCUT2D eigenvalue weighted by atomic mass is 9.98. The number of halogens is 2. The molecule has 0 saturated heterocycles. The van der Waals surface area contributed by atoms with Gasteiger partial charge in [-0.3, -0.25) is 4.79 Å². The normalized spacial score (nSPS) is 11.6. The van der Waals surface area contributed by atoms with Gasteiger partial charge >= 0.3 is 0 Å². The van der Waals surface area contributed by atoms with Crippen molar-refractivity contribution in [3.05, 3.63) is 34.3 Å². The average molecular weight is 244 g/mol. The van der Waals surface area contributed by atoms with Crippen LogP contribution in [0.15, 0.2) is 18.2 Å². The van der Waals surface area contributed by atoms with E-state index in [9.17, 15) is 9.18 Å². The highest BCUT2D eigenvalue weighted by molar-refractivity contribution is 6.34. The average Bonchev–Trinajstić information content (AvgIpc) is 2.16. The molecule has 0 radical (unpaired) electrons. The predicted octanol–water partition coefficient (Wildman–Crippen LogP) is 2.95. The van der Waals surface area contributed by atoms with Gasteiger partial charge in [-0.25, -0.2) is 4.39 Å². The van der Waals surface area contributed by atoms with Crippen LogP contribution in [0.5, 0.6) is 0 Å². The van der Waals surface area contributed by atoms with E-state index in [1.165, 1.54) is 19.9 Å². The van der Waals surface area contributed by atoms with E-state index in [0.717, 1.165) is 0 Å². The summed E-state index contributed by atoms with van der Waals surface area (Å²) in [7, 11) is 1.69. The molecule has 0 amide bonds. The highest BCUT2D eigenvalue weighted by atomic mass is 35.5. The second-order valence-electron chi connectivity index (χ2n) is 4.12. The Balaban J connectivity index is 3.05. The lowest BCUT2D eigenvalue weighted by molar-refractivity contribution is 0.0993. The molecule has 0 fully saturated rings. The summed E-state index contributed by atoms with van der Waals surface area (Å²) in [5, 5.41) is 3.05. The number of benzene rings is 1. The van der Waals surface area contributed by atoms with Crippen molar-refractivity contribution >= 4 is 17.4 Å². The van der Waals surface area contributed by atoms with Gasteiger partial charge in [0.05, 0.1) is 11.6 Å². The molecular weight excluding hydrogens is 229 g/mol.